The molecule has 0 saturated heterocycles. The first-order valence-corrected chi connectivity index (χ1v) is 7.92. The average Bonchev–Trinajstić information content (AvgIpc) is 2.96. The summed E-state index contributed by atoms with van der Waals surface area (Å²) in [5.41, 5.74) is 5.68. The first-order chi connectivity index (χ1) is 11.7. The Hall–Kier alpha value is -2.86. The van der Waals surface area contributed by atoms with Gasteiger partial charge in [-0.25, -0.2) is 10.5 Å². The molecule has 124 valence electrons. The van der Waals surface area contributed by atoms with Gasteiger partial charge in [-0.2, -0.15) is 0 Å². The molecule has 0 aliphatic rings. The molecule has 0 unspecified atom stereocenters. The van der Waals surface area contributed by atoms with Crippen LogP contribution in [0.4, 0.5) is 5.82 Å². The number of aromatic nitrogens is 2. The molecule has 2 heterocycles. The lowest BCUT2D eigenvalue weighted by Gasteiger charge is -2.08. The standard InChI is InChI=1S/C18H20N4O2/c1-2-13-8-9-22-16(11-13)20-15(10-14-6-4-3-5-7-14)18(22)19-12-17(23)21-24/h3-9,11,19,24H,2,10,12H2,1H3,(H,21,23). The third-order valence-electron chi connectivity index (χ3n) is 3.93. The van der Waals surface area contributed by atoms with Crippen molar-refractivity contribution in [2.45, 2.75) is 19.8 Å². The van der Waals surface area contributed by atoms with Gasteiger partial charge in [0.05, 0.1) is 12.2 Å². The van der Waals surface area contributed by atoms with Crippen LogP contribution < -0.4 is 10.8 Å². The number of aryl methyl sites for hydroxylation is 1. The number of carbonyl (C=O) groups is 1. The number of imidazole rings is 1. The second kappa shape index (κ2) is 7.14. The van der Waals surface area contributed by atoms with Gasteiger partial charge in [0.15, 0.2) is 0 Å². The minimum absolute atomic E-state index is 0.0262. The van der Waals surface area contributed by atoms with E-state index in [-0.39, 0.29) is 6.54 Å². The zero-order valence-electron chi connectivity index (χ0n) is 13.5. The van der Waals surface area contributed by atoms with Crippen LogP contribution in [-0.4, -0.2) is 27.0 Å². The van der Waals surface area contributed by atoms with Crippen molar-refractivity contribution in [1.82, 2.24) is 14.9 Å². The van der Waals surface area contributed by atoms with Crippen LogP contribution in [0.2, 0.25) is 0 Å². The van der Waals surface area contributed by atoms with E-state index in [0.717, 1.165) is 29.1 Å². The van der Waals surface area contributed by atoms with Crippen LogP contribution in [0.3, 0.4) is 0 Å². The zero-order chi connectivity index (χ0) is 16.9. The minimum atomic E-state index is -0.499. The van der Waals surface area contributed by atoms with Crippen LogP contribution in [0.15, 0.2) is 48.7 Å². The summed E-state index contributed by atoms with van der Waals surface area (Å²) in [5.74, 6) is 0.265. The number of carbonyl (C=O) groups excluding carboxylic acids is 1. The van der Waals surface area contributed by atoms with E-state index in [1.165, 1.54) is 5.56 Å². The molecule has 0 radical (unpaired) electrons. The molecular weight excluding hydrogens is 304 g/mol. The second-order valence-corrected chi connectivity index (χ2v) is 5.57. The number of amides is 1. The lowest BCUT2D eigenvalue weighted by Crippen LogP contribution is -2.27. The summed E-state index contributed by atoms with van der Waals surface area (Å²) >= 11 is 0. The first kappa shape index (κ1) is 16.0. The van der Waals surface area contributed by atoms with Crippen LogP contribution in [0.25, 0.3) is 5.65 Å². The number of nitrogens with one attached hydrogen (secondary N) is 2. The van der Waals surface area contributed by atoms with Crippen molar-refractivity contribution in [2.75, 3.05) is 11.9 Å². The number of anilines is 1. The summed E-state index contributed by atoms with van der Waals surface area (Å²) in [6, 6.07) is 14.1. The monoisotopic (exact) mass is 324 g/mol. The molecule has 0 spiro atoms. The molecule has 6 nitrogen and oxygen atoms in total. The molecule has 0 saturated carbocycles. The highest BCUT2D eigenvalue weighted by molar-refractivity contribution is 5.79. The van der Waals surface area contributed by atoms with Gasteiger partial charge in [0, 0.05) is 12.6 Å². The predicted octanol–water partition coefficient (Wildman–Crippen LogP) is 2.40. The predicted molar refractivity (Wildman–Crippen MR) is 92.2 cm³/mol. The Morgan fingerprint density at radius 2 is 2.00 bits per heavy atom. The quantitative estimate of drug-likeness (QED) is 0.480. The average molecular weight is 324 g/mol. The van der Waals surface area contributed by atoms with Crippen LogP contribution in [0.5, 0.6) is 0 Å². The molecule has 0 bridgehead atoms. The molecule has 0 fully saturated rings. The number of hydrogen-bond acceptors (Lipinski definition) is 4. The molecule has 24 heavy (non-hydrogen) atoms. The van der Waals surface area contributed by atoms with Gasteiger partial charge in [-0.3, -0.25) is 14.4 Å². The van der Waals surface area contributed by atoms with Crippen molar-refractivity contribution >= 4 is 17.4 Å². The van der Waals surface area contributed by atoms with Gasteiger partial charge in [-0.1, -0.05) is 37.3 Å². The summed E-state index contributed by atoms with van der Waals surface area (Å²) in [7, 11) is 0. The van der Waals surface area contributed by atoms with E-state index in [9.17, 15) is 4.79 Å². The SMILES string of the molecule is CCc1ccn2c(NCC(=O)NO)c(Cc3ccccc3)nc2c1. The van der Waals surface area contributed by atoms with E-state index in [1.54, 1.807) is 5.48 Å². The Kier molecular flexibility index (Phi) is 4.77. The minimum Gasteiger partial charge on any atom is -0.360 e. The van der Waals surface area contributed by atoms with Gasteiger partial charge < -0.3 is 5.32 Å². The fraction of sp³-hybridized carbons (Fsp3) is 0.222. The van der Waals surface area contributed by atoms with Crippen LogP contribution in [0.1, 0.15) is 23.7 Å². The molecule has 0 aliphatic carbocycles. The lowest BCUT2D eigenvalue weighted by atomic mass is 10.1. The van der Waals surface area contributed by atoms with Crippen molar-refractivity contribution in [3.63, 3.8) is 0 Å². The van der Waals surface area contributed by atoms with E-state index in [1.807, 2.05) is 53.1 Å². The van der Waals surface area contributed by atoms with Crippen molar-refractivity contribution in [1.29, 1.82) is 0 Å². The van der Waals surface area contributed by atoms with Crippen LogP contribution in [-0.2, 0) is 17.6 Å². The summed E-state index contributed by atoms with van der Waals surface area (Å²) in [6.07, 6.45) is 3.55. The molecule has 2 aromatic heterocycles. The maximum Gasteiger partial charge on any atom is 0.262 e. The number of pyridine rings is 1. The highest BCUT2D eigenvalue weighted by Gasteiger charge is 2.14. The Morgan fingerprint density at radius 1 is 1.21 bits per heavy atom. The molecule has 0 aliphatic heterocycles. The first-order valence-electron chi connectivity index (χ1n) is 7.92. The number of hydrogen-bond donors (Lipinski definition) is 3. The molecule has 0 atom stereocenters. The lowest BCUT2D eigenvalue weighted by molar-refractivity contribution is -0.127. The normalized spacial score (nSPS) is 10.8. The summed E-state index contributed by atoms with van der Waals surface area (Å²) in [5, 5.41) is 11.8. The maximum atomic E-state index is 11.4. The van der Waals surface area contributed by atoms with Gasteiger partial charge in [-0.05, 0) is 29.7 Å². The van der Waals surface area contributed by atoms with Gasteiger partial charge >= 0.3 is 0 Å². The summed E-state index contributed by atoms with van der Waals surface area (Å²) < 4.78 is 1.93. The molecule has 1 amide bonds. The number of hydroxylamine groups is 1. The van der Waals surface area contributed by atoms with E-state index >= 15 is 0 Å². The molecule has 3 N–H and O–H groups in total. The Balaban J connectivity index is 1.99. The van der Waals surface area contributed by atoms with E-state index in [2.05, 4.69) is 12.2 Å². The number of benzene rings is 1. The van der Waals surface area contributed by atoms with Gasteiger partial charge in [0.25, 0.3) is 5.91 Å². The summed E-state index contributed by atoms with van der Waals surface area (Å²) in [4.78, 5) is 16.1. The summed E-state index contributed by atoms with van der Waals surface area (Å²) in [6.45, 7) is 2.08. The Bertz CT molecular complexity index is 843. The van der Waals surface area contributed by atoms with E-state index in [0.29, 0.717) is 6.42 Å². The molecule has 6 heteroatoms. The Morgan fingerprint density at radius 3 is 2.71 bits per heavy atom. The third kappa shape index (κ3) is 3.38. The number of rotatable bonds is 6. The van der Waals surface area contributed by atoms with Crippen molar-refractivity contribution in [2.24, 2.45) is 0 Å². The van der Waals surface area contributed by atoms with Gasteiger partial charge in [0.1, 0.15) is 11.5 Å². The fourth-order valence-electron chi connectivity index (χ4n) is 2.66. The smallest absolute Gasteiger partial charge is 0.262 e. The van der Waals surface area contributed by atoms with Crippen molar-refractivity contribution < 1.29 is 10.0 Å². The van der Waals surface area contributed by atoms with Gasteiger partial charge in [0.2, 0.25) is 0 Å². The van der Waals surface area contributed by atoms with Crippen LogP contribution in [0, 0.1) is 0 Å². The zero-order valence-corrected chi connectivity index (χ0v) is 13.5. The topological polar surface area (TPSA) is 78.7 Å². The number of nitrogens with zero attached hydrogens (tertiary/aromatic N) is 2. The second-order valence-electron chi connectivity index (χ2n) is 5.57. The molecule has 1 aromatic carbocycles. The fourth-order valence-corrected chi connectivity index (χ4v) is 2.66. The Labute approximate surface area is 140 Å². The highest BCUT2D eigenvalue weighted by Crippen LogP contribution is 2.22. The number of fused-ring (bicyclic) bond motifs is 1. The maximum absolute atomic E-state index is 11.4. The molecule has 3 rings (SSSR count). The van der Waals surface area contributed by atoms with Gasteiger partial charge in [-0.15, -0.1) is 0 Å². The largest absolute Gasteiger partial charge is 0.360 e. The van der Waals surface area contributed by atoms with E-state index in [4.69, 9.17) is 10.2 Å². The highest BCUT2D eigenvalue weighted by atomic mass is 16.5. The van der Waals surface area contributed by atoms with E-state index < -0.39 is 5.91 Å². The van der Waals surface area contributed by atoms with Crippen molar-refractivity contribution in [3.05, 3.63) is 65.5 Å². The third-order valence-corrected chi connectivity index (χ3v) is 3.93. The molecule has 3 aromatic rings. The molecular formula is C18H20N4O2. The van der Waals surface area contributed by atoms with Crippen molar-refractivity contribution in [3.8, 4) is 0 Å². The van der Waals surface area contributed by atoms with Crippen LogP contribution >= 0.6 is 0 Å².